The van der Waals surface area contributed by atoms with Crippen LogP contribution in [0.15, 0.2) is 30.7 Å². The molecule has 0 atom stereocenters. The Morgan fingerprint density at radius 2 is 2.29 bits per heavy atom. The lowest BCUT2D eigenvalue weighted by Crippen LogP contribution is -2.26. The fourth-order valence-electron chi connectivity index (χ4n) is 1.48. The number of hydrogen-bond acceptors (Lipinski definition) is 4. The molecule has 0 radical (unpaired) electrons. The molecule has 0 spiro atoms. The number of rotatable bonds is 3. The van der Waals surface area contributed by atoms with E-state index >= 15 is 0 Å². The van der Waals surface area contributed by atoms with Crippen LogP contribution in [0, 0.1) is 0 Å². The molecule has 0 unspecified atom stereocenters. The normalized spacial score (nSPS) is 10.2. The van der Waals surface area contributed by atoms with Crippen molar-refractivity contribution in [3.63, 3.8) is 0 Å². The second kappa shape index (κ2) is 4.65. The molecule has 3 N–H and O–H groups in total. The molecular formula is C11H13N5O. The SMILES string of the molecule is CN(Cc1ncc[nH]1)C(=O)c1ccnc(N)c1. The molecule has 17 heavy (non-hydrogen) atoms. The van der Waals surface area contributed by atoms with E-state index in [0.29, 0.717) is 17.9 Å². The van der Waals surface area contributed by atoms with Gasteiger partial charge in [-0.15, -0.1) is 0 Å². The molecule has 0 saturated carbocycles. The first-order valence-corrected chi connectivity index (χ1v) is 5.12. The van der Waals surface area contributed by atoms with E-state index in [1.54, 1.807) is 36.5 Å². The van der Waals surface area contributed by atoms with Crippen molar-refractivity contribution in [3.05, 3.63) is 42.1 Å². The van der Waals surface area contributed by atoms with E-state index < -0.39 is 0 Å². The van der Waals surface area contributed by atoms with Crippen LogP contribution in [-0.4, -0.2) is 32.8 Å². The highest BCUT2D eigenvalue weighted by molar-refractivity contribution is 5.94. The molecule has 0 aliphatic rings. The fourth-order valence-corrected chi connectivity index (χ4v) is 1.48. The van der Waals surface area contributed by atoms with Crippen LogP contribution >= 0.6 is 0 Å². The minimum atomic E-state index is -0.115. The molecular weight excluding hydrogens is 218 g/mol. The molecule has 6 heteroatoms. The maximum atomic E-state index is 12.0. The van der Waals surface area contributed by atoms with Crippen LogP contribution in [0.5, 0.6) is 0 Å². The highest BCUT2D eigenvalue weighted by atomic mass is 16.2. The summed E-state index contributed by atoms with van der Waals surface area (Å²) in [5.74, 6) is 0.959. The number of aromatic nitrogens is 3. The lowest BCUT2D eigenvalue weighted by molar-refractivity contribution is 0.0782. The lowest BCUT2D eigenvalue weighted by Gasteiger charge is -2.15. The summed E-state index contributed by atoms with van der Waals surface area (Å²) in [6, 6.07) is 3.19. The van der Waals surface area contributed by atoms with Gasteiger partial charge in [-0.3, -0.25) is 4.79 Å². The summed E-state index contributed by atoms with van der Waals surface area (Å²) in [6.07, 6.45) is 4.89. The van der Waals surface area contributed by atoms with E-state index in [4.69, 9.17) is 5.73 Å². The Morgan fingerprint density at radius 1 is 1.47 bits per heavy atom. The van der Waals surface area contributed by atoms with E-state index in [1.165, 1.54) is 6.20 Å². The van der Waals surface area contributed by atoms with Crippen LogP contribution in [0.2, 0.25) is 0 Å². The quantitative estimate of drug-likeness (QED) is 0.812. The molecule has 0 saturated heterocycles. The molecule has 2 aromatic rings. The highest BCUT2D eigenvalue weighted by Gasteiger charge is 2.13. The average molecular weight is 231 g/mol. The Labute approximate surface area is 98.5 Å². The number of hydrogen-bond donors (Lipinski definition) is 2. The molecule has 0 aromatic carbocycles. The Hall–Kier alpha value is -2.37. The number of nitrogens with one attached hydrogen (secondary N) is 1. The van der Waals surface area contributed by atoms with E-state index in [2.05, 4.69) is 15.0 Å². The summed E-state index contributed by atoms with van der Waals surface area (Å²) in [5.41, 5.74) is 6.05. The van der Waals surface area contributed by atoms with Crippen LogP contribution in [0.4, 0.5) is 5.82 Å². The molecule has 88 valence electrons. The maximum absolute atomic E-state index is 12.0. The zero-order chi connectivity index (χ0) is 12.3. The minimum Gasteiger partial charge on any atom is -0.384 e. The summed E-state index contributed by atoms with van der Waals surface area (Å²) in [6.45, 7) is 0.425. The first kappa shape index (κ1) is 11.1. The van der Waals surface area contributed by atoms with Gasteiger partial charge in [0.05, 0.1) is 6.54 Å². The number of imidazole rings is 1. The van der Waals surface area contributed by atoms with Gasteiger partial charge in [0.25, 0.3) is 5.91 Å². The van der Waals surface area contributed by atoms with Crippen molar-refractivity contribution < 1.29 is 4.79 Å². The van der Waals surface area contributed by atoms with Gasteiger partial charge in [-0.2, -0.15) is 0 Å². The summed E-state index contributed by atoms with van der Waals surface area (Å²) in [7, 11) is 1.71. The van der Waals surface area contributed by atoms with Crippen molar-refractivity contribution in [2.45, 2.75) is 6.54 Å². The van der Waals surface area contributed by atoms with Crippen LogP contribution in [-0.2, 0) is 6.54 Å². The van der Waals surface area contributed by atoms with Crippen LogP contribution in [0.3, 0.4) is 0 Å². The number of nitrogens with zero attached hydrogens (tertiary/aromatic N) is 3. The number of carbonyl (C=O) groups is 1. The molecule has 1 amide bonds. The minimum absolute atomic E-state index is 0.115. The third kappa shape index (κ3) is 2.60. The highest BCUT2D eigenvalue weighted by Crippen LogP contribution is 2.07. The third-order valence-electron chi connectivity index (χ3n) is 2.32. The van der Waals surface area contributed by atoms with Gasteiger partial charge in [-0.05, 0) is 12.1 Å². The number of nitrogens with two attached hydrogens (primary N) is 1. The Kier molecular flexibility index (Phi) is 3.04. The van der Waals surface area contributed by atoms with Crippen molar-refractivity contribution in [2.24, 2.45) is 0 Å². The largest absolute Gasteiger partial charge is 0.384 e. The Bertz CT molecular complexity index is 508. The van der Waals surface area contributed by atoms with Crippen LogP contribution in [0.25, 0.3) is 0 Å². The molecule has 2 heterocycles. The van der Waals surface area contributed by atoms with Gasteiger partial charge in [0.1, 0.15) is 11.6 Å². The standard InChI is InChI=1S/C11H13N5O/c1-16(7-10-14-4-5-15-10)11(17)8-2-3-13-9(12)6-8/h2-6H,7H2,1H3,(H2,12,13)(H,14,15). The van der Waals surface area contributed by atoms with Gasteiger partial charge >= 0.3 is 0 Å². The second-order valence-corrected chi connectivity index (χ2v) is 3.67. The molecule has 0 aliphatic heterocycles. The number of anilines is 1. The van der Waals surface area contributed by atoms with E-state index in [-0.39, 0.29) is 5.91 Å². The average Bonchev–Trinajstić information content (AvgIpc) is 2.80. The van der Waals surface area contributed by atoms with Gasteiger partial charge in [0, 0.05) is 31.2 Å². The van der Waals surface area contributed by atoms with Gasteiger partial charge in [0.15, 0.2) is 0 Å². The van der Waals surface area contributed by atoms with Gasteiger partial charge in [0.2, 0.25) is 0 Å². The predicted octanol–water partition coefficient (Wildman–Crippen LogP) is 0.659. The first-order valence-electron chi connectivity index (χ1n) is 5.12. The summed E-state index contributed by atoms with van der Waals surface area (Å²) in [4.78, 5) is 24.4. The first-order chi connectivity index (χ1) is 8.16. The zero-order valence-electron chi connectivity index (χ0n) is 9.42. The monoisotopic (exact) mass is 231 g/mol. The van der Waals surface area contributed by atoms with Crippen LogP contribution in [0.1, 0.15) is 16.2 Å². The van der Waals surface area contributed by atoms with E-state index in [0.717, 1.165) is 5.82 Å². The molecule has 0 aliphatic carbocycles. The molecule has 6 nitrogen and oxygen atoms in total. The summed E-state index contributed by atoms with van der Waals surface area (Å²) >= 11 is 0. The molecule has 0 fully saturated rings. The fraction of sp³-hybridized carbons (Fsp3) is 0.182. The molecule has 2 aromatic heterocycles. The van der Waals surface area contributed by atoms with Gasteiger partial charge < -0.3 is 15.6 Å². The Balaban J connectivity index is 2.09. The van der Waals surface area contributed by atoms with Crippen molar-refractivity contribution in [1.82, 2.24) is 19.9 Å². The van der Waals surface area contributed by atoms with Crippen molar-refractivity contribution >= 4 is 11.7 Å². The third-order valence-corrected chi connectivity index (χ3v) is 2.32. The van der Waals surface area contributed by atoms with Crippen molar-refractivity contribution in [2.75, 3.05) is 12.8 Å². The number of aromatic amines is 1. The number of pyridine rings is 1. The summed E-state index contributed by atoms with van der Waals surface area (Å²) < 4.78 is 0. The number of carbonyl (C=O) groups excluding carboxylic acids is 1. The molecule has 2 rings (SSSR count). The number of nitrogen functional groups attached to an aromatic ring is 1. The predicted molar refractivity (Wildman–Crippen MR) is 63.0 cm³/mol. The number of amides is 1. The van der Waals surface area contributed by atoms with Gasteiger partial charge in [-0.1, -0.05) is 0 Å². The smallest absolute Gasteiger partial charge is 0.254 e. The van der Waals surface area contributed by atoms with Crippen molar-refractivity contribution in [3.8, 4) is 0 Å². The summed E-state index contributed by atoms with van der Waals surface area (Å²) in [5, 5.41) is 0. The lowest BCUT2D eigenvalue weighted by atomic mass is 10.2. The number of H-pyrrole nitrogens is 1. The van der Waals surface area contributed by atoms with Crippen LogP contribution < -0.4 is 5.73 Å². The topological polar surface area (TPSA) is 87.9 Å². The van der Waals surface area contributed by atoms with E-state index in [9.17, 15) is 4.79 Å². The zero-order valence-corrected chi connectivity index (χ0v) is 9.42. The van der Waals surface area contributed by atoms with Crippen molar-refractivity contribution in [1.29, 1.82) is 0 Å². The molecule has 0 bridgehead atoms. The second-order valence-electron chi connectivity index (χ2n) is 3.67. The van der Waals surface area contributed by atoms with E-state index in [1.807, 2.05) is 0 Å². The maximum Gasteiger partial charge on any atom is 0.254 e. The Morgan fingerprint density at radius 3 is 2.94 bits per heavy atom. The van der Waals surface area contributed by atoms with Gasteiger partial charge in [-0.25, -0.2) is 9.97 Å².